The van der Waals surface area contributed by atoms with Gasteiger partial charge in [0.25, 0.3) is 0 Å². The fraction of sp³-hybridized carbons (Fsp3) is 0. The van der Waals surface area contributed by atoms with E-state index in [0.29, 0.717) is 39.9 Å². The third-order valence-corrected chi connectivity index (χ3v) is 13.2. The summed E-state index contributed by atoms with van der Waals surface area (Å²) in [6, 6.07) is 64.9. The first-order chi connectivity index (χ1) is 33.6. The van der Waals surface area contributed by atoms with E-state index < -0.39 is 0 Å². The number of hydrogen-bond acceptors (Lipinski definition) is 6. The smallest absolute Gasteiger partial charge is 0.188 e. The fourth-order valence-electron chi connectivity index (χ4n) is 10.3. The van der Waals surface area contributed by atoms with Gasteiger partial charge in [-0.25, -0.2) is 19.8 Å². The van der Waals surface area contributed by atoms with Gasteiger partial charge in [0.1, 0.15) is 22.3 Å². The summed E-state index contributed by atoms with van der Waals surface area (Å²) in [6.07, 6.45) is 0. The monoisotopic (exact) mass is 869 g/mol. The van der Waals surface area contributed by atoms with E-state index in [2.05, 4.69) is 80.7 Å². The molecule has 0 aliphatic carbocycles. The van der Waals surface area contributed by atoms with Crippen LogP contribution in [0.15, 0.2) is 197 Å². The van der Waals surface area contributed by atoms with Crippen molar-refractivity contribution in [3.05, 3.63) is 205 Å². The van der Waals surface area contributed by atoms with E-state index in [9.17, 15) is 5.26 Å². The zero-order chi connectivity index (χ0) is 45.0. The Kier molecular flexibility index (Phi) is 7.91. The minimum atomic E-state index is 0.362. The molecule has 0 atom stereocenters. The highest BCUT2D eigenvalue weighted by molar-refractivity contribution is 6.26. The van der Waals surface area contributed by atoms with E-state index >= 15 is 0 Å². The Hall–Kier alpha value is -9.83. The van der Waals surface area contributed by atoms with Gasteiger partial charge in [-0.05, 0) is 78.9 Å². The van der Waals surface area contributed by atoms with E-state index in [-0.39, 0.29) is 0 Å². The molecule has 0 bridgehead atoms. The van der Waals surface area contributed by atoms with Crippen LogP contribution in [-0.2, 0) is 0 Å². The molecule has 0 aliphatic rings. The summed E-state index contributed by atoms with van der Waals surface area (Å²) in [4.78, 5) is 19.9. The van der Waals surface area contributed by atoms with Gasteiger partial charge in [0.05, 0.1) is 62.4 Å². The lowest BCUT2D eigenvalue weighted by molar-refractivity contribution is 0.669. The zero-order valence-electron chi connectivity index (χ0n) is 35.8. The van der Waals surface area contributed by atoms with Gasteiger partial charge in [0.2, 0.25) is 0 Å². The van der Waals surface area contributed by atoms with Gasteiger partial charge in [-0.3, -0.25) is 0 Å². The van der Waals surface area contributed by atoms with Gasteiger partial charge in [-0.15, -0.1) is 0 Å². The number of aromatic nitrogens is 5. The average Bonchev–Trinajstić information content (AvgIpc) is 4.16. The quantitative estimate of drug-likeness (QED) is 0.160. The first kappa shape index (κ1) is 37.5. The molecule has 9 heteroatoms. The first-order valence-electron chi connectivity index (χ1n) is 22.2. The molecule has 14 rings (SSSR count). The maximum atomic E-state index is 10.5. The Morgan fingerprint density at radius 1 is 0.441 bits per heavy atom. The van der Waals surface area contributed by atoms with Crippen LogP contribution in [0.4, 0.5) is 5.69 Å². The number of nitriles is 1. The minimum Gasteiger partial charge on any atom is -0.456 e. The van der Waals surface area contributed by atoms with E-state index in [1.54, 1.807) is 0 Å². The van der Waals surface area contributed by atoms with Crippen LogP contribution in [0.1, 0.15) is 5.56 Å². The van der Waals surface area contributed by atoms with Crippen LogP contribution in [0.2, 0.25) is 0 Å². The Balaban J connectivity index is 1.10. The number of para-hydroxylation sites is 4. The molecule has 14 aromatic rings. The van der Waals surface area contributed by atoms with Crippen molar-refractivity contribution in [2.24, 2.45) is 0 Å². The summed E-state index contributed by atoms with van der Waals surface area (Å²) < 4.78 is 17.4. The second-order valence-corrected chi connectivity index (χ2v) is 16.9. The summed E-state index contributed by atoms with van der Waals surface area (Å²) >= 11 is 0. The van der Waals surface area contributed by atoms with Crippen molar-refractivity contribution in [1.29, 1.82) is 5.26 Å². The van der Waals surface area contributed by atoms with Crippen LogP contribution in [0.25, 0.3) is 138 Å². The van der Waals surface area contributed by atoms with Crippen LogP contribution in [0.5, 0.6) is 0 Å². The largest absolute Gasteiger partial charge is 0.456 e. The molecule has 314 valence electrons. The number of furan rings is 2. The first-order valence-corrected chi connectivity index (χ1v) is 22.2. The van der Waals surface area contributed by atoms with Crippen molar-refractivity contribution in [3.8, 4) is 51.6 Å². The Labute approximate surface area is 386 Å². The lowest BCUT2D eigenvalue weighted by atomic mass is 10.1. The van der Waals surface area contributed by atoms with E-state index in [1.807, 2.05) is 127 Å². The van der Waals surface area contributed by atoms with Crippen molar-refractivity contribution in [1.82, 2.24) is 24.1 Å². The number of hydrogen-bond donors (Lipinski definition) is 0. The molecule has 0 saturated carbocycles. The third kappa shape index (κ3) is 5.39. The van der Waals surface area contributed by atoms with Gasteiger partial charge in [0, 0.05) is 49.0 Å². The minimum absolute atomic E-state index is 0.362. The van der Waals surface area contributed by atoms with Crippen molar-refractivity contribution >= 4 is 93.2 Å². The summed E-state index contributed by atoms with van der Waals surface area (Å²) in [5.74, 6) is 1.16. The second-order valence-electron chi connectivity index (χ2n) is 16.9. The molecule has 0 radical (unpaired) electrons. The molecule has 5 aromatic heterocycles. The van der Waals surface area contributed by atoms with E-state index in [4.69, 9.17) is 30.4 Å². The molecule has 0 fully saturated rings. The molecular weight excluding hydrogens is 839 g/mol. The lowest BCUT2D eigenvalue weighted by Crippen LogP contribution is -2.06. The highest BCUT2D eigenvalue weighted by Crippen LogP contribution is 2.45. The number of nitrogens with zero attached hydrogens (tertiary/aromatic N) is 7. The SMILES string of the molecule is [C-]#[N+]c1ccc(-n2c3ccccc3c3ccc4oc5ccccc5c4c32)c(-c2nc(-c3ccccc3)nc(-c3cc(C#N)ccc3-n3c4ccccc4c4ccc5oc6ccccc6c5c43)n2)c1. The maximum absolute atomic E-state index is 10.5. The number of benzene rings is 9. The maximum Gasteiger partial charge on any atom is 0.188 e. The number of fused-ring (bicyclic) bond motifs is 14. The van der Waals surface area contributed by atoms with E-state index in [1.165, 1.54) is 0 Å². The van der Waals surface area contributed by atoms with Crippen molar-refractivity contribution in [3.63, 3.8) is 0 Å². The zero-order valence-corrected chi connectivity index (χ0v) is 35.8. The van der Waals surface area contributed by atoms with Crippen LogP contribution in [0.3, 0.4) is 0 Å². The van der Waals surface area contributed by atoms with Gasteiger partial charge in [-0.1, -0.05) is 109 Å². The Bertz CT molecular complexity index is 4270. The Morgan fingerprint density at radius 2 is 0.926 bits per heavy atom. The topological polar surface area (TPSA) is 103 Å². The normalized spacial score (nSPS) is 11.8. The molecule has 0 unspecified atom stereocenters. The van der Waals surface area contributed by atoms with Crippen LogP contribution >= 0.6 is 0 Å². The summed E-state index contributed by atoms with van der Waals surface area (Å²) in [7, 11) is 0. The van der Waals surface area contributed by atoms with E-state index in [0.717, 1.165) is 104 Å². The molecular formula is C59H31N7O2. The molecule has 9 aromatic carbocycles. The standard InChI is InChI=1S/C59H31N7O2/c1-61-36-24-28-48(66-46-20-10-6-16-38(46)40-26-30-52-54(56(40)66)42-18-8-12-22-50(42)68-52)44(32-36)59-63-57(35-13-3-2-4-14-35)62-58(64-59)43-31-34(33-60)23-27-47(43)65-45-19-9-5-15-37(45)39-25-29-51-53(55(39)65)41-17-7-11-21-49(41)67-51/h2-32H. The third-order valence-electron chi connectivity index (χ3n) is 13.2. The van der Waals surface area contributed by atoms with Crippen molar-refractivity contribution in [2.45, 2.75) is 0 Å². The predicted octanol–water partition coefficient (Wildman–Crippen LogP) is 15.3. The van der Waals surface area contributed by atoms with Crippen LogP contribution in [0, 0.1) is 17.9 Å². The lowest BCUT2D eigenvalue weighted by Gasteiger charge is -2.17. The number of rotatable bonds is 5. The molecule has 0 amide bonds. The van der Waals surface area contributed by atoms with Gasteiger partial charge >= 0.3 is 0 Å². The van der Waals surface area contributed by atoms with Crippen molar-refractivity contribution < 1.29 is 8.83 Å². The summed E-state index contributed by atoms with van der Waals surface area (Å²) in [5, 5.41) is 18.7. The average molecular weight is 870 g/mol. The highest BCUT2D eigenvalue weighted by atomic mass is 16.3. The predicted molar refractivity (Wildman–Crippen MR) is 270 cm³/mol. The molecule has 68 heavy (non-hydrogen) atoms. The van der Waals surface area contributed by atoms with Crippen LogP contribution in [-0.4, -0.2) is 24.1 Å². The van der Waals surface area contributed by atoms with Crippen molar-refractivity contribution in [2.75, 3.05) is 0 Å². The second kappa shape index (κ2) is 14.3. The Morgan fingerprint density at radius 3 is 1.49 bits per heavy atom. The fourth-order valence-corrected chi connectivity index (χ4v) is 10.3. The molecule has 0 saturated heterocycles. The molecule has 9 nitrogen and oxygen atoms in total. The van der Waals surface area contributed by atoms with Gasteiger partial charge < -0.3 is 18.0 Å². The highest BCUT2D eigenvalue weighted by Gasteiger charge is 2.26. The summed E-state index contributed by atoms with van der Waals surface area (Å²) in [5.41, 5.74) is 11.5. The molecule has 5 heterocycles. The molecule has 0 aliphatic heterocycles. The molecule has 0 N–H and O–H groups in total. The van der Waals surface area contributed by atoms with Gasteiger partial charge in [-0.2, -0.15) is 5.26 Å². The van der Waals surface area contributed by atoms with Gasteiger partial charge in [0.15, 0.2) is 23.2 Å². The summed E-state index contributed by atoms with van der Waals surface area (Å²) in [6.45, 7) is 8.23. The molecule has 0 spiro atoms. The van der Waals surface area contributed by atoms with Crippen LogP contribution < -0.4 is 0 Å².